The lowest BCUT2D eigenvalue weighted by Gasteiger charge is -2.27. The van der Waals surface area contributed by atoms with Crippen LogP contribution in [0.2, 0.25) is 0 Å². The Morgan fingerprint density at radius 2 is 1.52 bits per heavy atom. The SMILES string of the molecule is CSc1ccc(C2C(S(=O)(=O)c3ccc(C)cc3)=C(O)C(=O)N2c2ccccc2)cc1. The minimum atomic E-state index is -4.13. The first-order valence-electron chi connectivity index (χ1n) is 9.62. The van der Waals surface area contributed by atoms with Crippen LogP contribution >= 0.6 is 11.8 Å². The van der Waals surface area contributed by atoms with Gasteiger partial charge in [-0.05, 0) is 55.1 Å². The van der Waals surface area contributed by atoms with Crippen molar-refractivity contribution in [2.45, 2.75) is 22.8 Å². The highest BCUT2D eigenvalue weighted by Gasteiger charge is 2.47. The van der Waals surface area contributed by atoms with Crippen LogP contribution in [0.15, 0.2) is 99.3 Å². The molecule has 0 aromatic heterocycles. The third-order valence-corrected chi connectivity index (χ3v) is 7.88. The van der Waals surface area contributed by atoms with Gasteiger partial charge in [-0.25, -0.2) is 8.42 Å². The van der Waals surface area contributed by atoms with E-state index in [1.165, 1.54) is 17.0 Å². The minimum Gasteiger partial charge on any atom is -0.502 e. The number of para-hydroxylation sites is 1. The van der Waals surface area contributed by atoms with E-state index in [4.69, 9.17) is 0 Å². The summed E-state index contributed by atoms with van der Waals surface area (Å²) in [6.07, 6.45) is 1.95. The van der Waals surface area contributed by atoms with Crippen LogP contribution < -0.4 is 4.90 Å². The van der Waals surface area contributed by atoms with Gasteiger partial charge in [-0.3, -0.25) is 9.69 Å². The summed E-state index contributed by atoms with van der Waals surface area (Å²) >= 11 is 1.56. The Kier molecular flexibility index (Phi) is 5.64. The van der Waals surface area contributed by atoms with Crippen molar-refractivity contribution in [3.05, 3.63) is 101 Å². The van der Waals surface area contributed by atoms with Gasteiger partial charge in [0, 0.05) is 10.6 Å². The van der Waals surface area contributed by atoms with Gasteiger partial charge in [0.05, 0.1) is 4.90 Å². The Bertz CT molecular complexity index is 1250. The summed E-state index contributed by atoms with van der Waals surface area (Å²) in [5.74, 6) is -1.49. The topological polar surface area (TPSA) is 74.7 Å². The number of hydrogen-bond donors (Lipinski definition) is 1. The Morgan fingerprint density at radius 1 is 0.903 bits per heavy atom. The predicted octanol–water partition coefficient (Wildman–Crippen LogP) is 5.05. The predicted molar refractivity (Wildman–Crippen MR) is 123 cm³/mol. The fraction of sp³-hybridized carbons (Fsp3) is 0.125. The Balaban J connectivity index is 1.92. The third kappa shape index (κ3) is 3.75. The molecule has 3 aromatic rings. The molecule has 0 saturated heterocycles. The van der Waals surface area contributed by atoms with E-state index in [1.54, 1.807) is 60.3 Å². The van der Waals surface area contributed by atoms with Gasteiger partial charge in [0.2, 0.25) is 9.84 Å². The molecule has 1 amide bonds. The third-order valence-electron chi connectivity index (χ3n) is 5.25. The average Bonchev–Trinajstić information content (AvgIpc) is 3.06. The van der Waals surface area contributed by atoms with Gasteiger partial charge in [0.1, 0.15) is 10.9 Å². The summed E-state index contributed by atoms with van der Waals surface area (Å²) in [7, 11) is -4.13. The molecule has 1 N–H and O–H groups in total. The molecule has 0 saturated carbocycles. The second kappa shape index (κ2) is 8.24. The van der Waals surface area contributed by atoms with Gasteiger partial charge >= 0.3 is 0 Å². The number of sulfone groups is 1. The monoisotopic (exact) mass is 451 g/mol. The van der Waals surface area contributed by atoms with Crippen molar-refractivity contribution in [3.63, 3.8) is 0 Å². The molecule has 1 aliphatic rings. The van der Waals surface area contributed by atoms with E-state index in [0.29, 0.717) is 11.3 Å². The number of amides is 1. The number of benzene rings is 3. The number of thioether (sulfide) groups is 1. The molecular formula is C24H21NO4S2. The number of aliphatic hydroxyl groups excluding tert-OH is 1. The molecular weight excluding hydrogens is 430 g/mol. The summed E-state index contributed by atoms with van der Waals surface area (Å²) in [6, 6.07) is 21.5. The summed E-state index contributed by atoms with van der Waals surface area (Å²) in [6.45, 7) is 1.86. The first kappa shape index (κ1) is 21.2. The molecule has 3 aromatic carbocycles. The number of anilines is 1. The van der Waals surface area contributed by atoms with Crippen LogP contribution in [0, 0.1) is 6.92 Å². The molecule has 7 heteroatoms. The molecule has 4 rings (SSSR count). The van der Waals surface area contributed by atoms with Crippen LogP contribution in [-0.2, 0) is 14.6 Å². The summed E-state index contributed by atoms with van der Waals surface area (Å²) in [5, 5.41) is 10.8. The second-order valence-electron chi connectivity index (χ2n) is 7.22. The largest absolute Gasteiger partial charge is 0.502 e. The molecule has 0 spiro atoms. The van der Waals surface area contributed by atoms with E-state index >= 15 is 0 Å². The molecule has 0 fully saturated rings. The maximum Gasteiger partial charge on any atom is 0.295 e. The van der Waals surface area contributed by atoms with E-state index in [1.807, 2.05) is 31.4 Å². The maximum absolute atomic E-state index is 13.6. The first-order chi connectivity index (χ1) is 14.8. The lowest BCUT2D eigenvalue weighted by molar-refractivity contribution is -0.117. The Morgan fingerprint density at radius 3 is 2.10 bits per heavy atom. The molecule has 158 valence electrons. The zero-order valence-corrected chi connectivity index (χ0v) is 18.7. The highest BCUT2D eigenvalue weighted by Crippen LogP contribution is 2.44. The number of aliphatic hydroxyl groups is 1. The van der Waals surface area contributed by atoms with Gasteiger partial charge in [0.25, 0.3) is 5.91 Å². The van der Waals surface area contributed by atoms with Crippen molar-refractivity contribution in [2.24, 2.45) is 0 Å². The van der Waals surface area contributed by atoms with Crippen LogP contribution in [0.1, 0.15) is 17.2 Å². The van der Waals surface area contributed by atoms with Crippen LogP contribution in [0.3, 0.4) is 0 Å². The summed E-state index contributed by atoms with van der Waals surface area (Å²) in [4.78, 5) is 15.2. The van der Waals surface area contributed by atoms with E-state index < -0.39 is 27.5 Å². The normalized spacial score (nSPS) is 16.8. The molecule has 1 heterocycles. The Labute approximate surface area is 186 Å². The maximum atomic E-state index is 13.6. The van der Waals surface area contributed by atoms with E-state index in [-0.39, 0.29) is 9.80 Å². The molecule has 31 heavy (non-hydrogen) atoms. The second-order valence-corrected chi connectivity index (χ2v) is 10.0. The lowest BCUT2D eigenvalue weighted by atomic mass is 10.1. The number of hydrogen-bond acceptors (Lipinski definition) is 5. The van der Waals surface area contributed by atoms with Crippen molar-refractivity contribution in [3.8, 4) is 0 Å². The molecule has 0 bridgehead atoms. The van der Waals surface area contributed by atoms with Crippen molar-refractivity contribution in [2.75, 3.05) is 11.2 Å². The van der Waals surface area contributed by atoms with E-state index in [9.17, 15) is 18.3 Å². The molecule has 1 aliphatic heterocycles. The van der Waals surface area contributed by atoms with E-state index in [0.717, 1.165) is 10.5 Å². The Hall–Kier alpha value is -3.03. The number of rotatable bonds is 5. The van der Waals surface area contributed by atoms with Gasteiger partial charge in [-0.1, -0.05) is 48.0 Å². The van der Waals surface area contributed by atoms with Gasteiger partial charge in [0.15, 0.2) is 5.76 Å². The van der Waals surface area contributed by atoms with Crippen molar-refractivity contribution < 1.29 is 18.3 Å². The molecule has 0 aliphatic carbocycles. The molecule has 0 radical (unpaired) electrons. The number of aryl methyl sites for hydroxylation is 1. The zero-order valence-electron chi connectivity index (χ0n) is 17.0. The number of carbonyl (C=O) groups excluding carboxylic acids is 1. The van der Waals surface area contributed by atoms with Crippen molar-refractivity contribution in [1.29, 1.82) is 0 Å². The zero-order chi connectivity index (χ0) is 22.2. The summed E-state index contributed by atoms with van der Waals surface area (Å²) < 4.78 is 27.2. The standard InChI is InChI=1S/C24H21NO4S2/c1-16-8-14-20(15-9-16)31(28,29)23-21(17-10-12-19(30-2)13-11-17)25(24(27)22(23)26)18-6-4-3-5-7-18/h3-15,21,26H,1-2H3. The highest BCUT2D eigenvalue weighted by molar-refractivity contribution is 7.98. The minimum absolute atomic E-state index is 0.0353. The lowest BCUT2D eigenvalue weighted by Crippen LogP contribution is -2.31. The van der Waals surface area contributed by atoms with Crippen molar-refractivity contribution in [1.82, 2.24) is 0 Å². The fourth-order valence-corrected chi connectivity index (χ4v) is 5.68. The van der Waals surface area contributed by atoms with Crippen LogP contribution in [0.4, 0.5) is 5.69 Å². The summed E-state index contributed by atoms with van der Waals surface area (Å²) in [5.41, 5.74) is 2.02. The van der Waals surface area contributed by atoms with Gasteiger partial charge in [-0.2, -0.15) is 0 Å². The fourth-order valence-electron chi connectivity index (χ4n) is 3.64. The quantitative estimate of drug-likeness (QED) is 0.550. The molecule has 5 nitrogen and oxygen atoms in total. The molecule has 1 unspecified atom stereocenters. The van der Waals surface area contributed by atoms with Crippen molar-refractivity contribution >= 4 is 33.2 Å². The first-order valence-corrected chi connectivity index (χ1v) is 12.3. The van der Waals surface area contributed by atoms with E-state index in [2.05, 4.69) is 0 Å². The highest BCUT2D eigenvalue weighted by atomic mass is 32.2. The number of carbonyl (C=O) groups is 1. The van der Waals surface area contributed by atoms with Gasteiger partial charge in [-0.15, -0.1) is 11.8 Å². The number of nitrogens with zero attached hydrogens (tertiary/aromatic N) is 1. The van der Waals surface area contributed by atoms with Crippen LogP contribution in [0.5, 0.6) is 0 Å². The van der Waals surface area contributed by atoms with Crippen LogP contribution in [0.25, 0.3) is 0 Å². The van der Waals surface area contributed by atoms with Crippen LogP contribution in [-0.4, -0.2) is 25.7 Å². The smallest absolute Gasteiger partial charge is 0.295 e. The average molecular weight is 452 g/mol. The molecule has 1 atom stereocenters. The van der Waals surface area contributed by atoms with Gasteiger partial charge < -0.3 is 5.11 Å².